The van der Waals surface area contributed by atoms with Gasteiger partial charge in [-0.15, -0.1) is 0 Å². The summed E-state index contributed by atoms with van der Waals surface area (Å²) in [6.07, 6.45) is 2.88. The number of fused-ring (bicyclic) bond motifs is 1. The van der Waals surface area contributed by atoms with Crippen LogP contribution in [0, 0.1) is 0 Å². The Bertz CT molecular complexity index is 719. The zero-order valence-corrected chi connectivity index (χ0v) is 12.4. The van der Waals surface area contributed by atoms with Gasteiger partial charge >= 0.3 is 5.97 Å². The standard InChI is InChI=1S/C16H20N2O3/c1-3-5-6-10-7-8-11(17)14-13(19)9-12(18-15(10)14)16(20)21-4-2/h7-9H,3-6,17H2,1-2H3,(H,18,19). The van der Waals surface area contributed by atoms with Crippen LogP contribution in [0.15, 0.2) is 23.0 Å². The number of unbranched alkanes of at least 4 members (excludes halogenated alkanes) is 1. The van der Waals surface area contributed by atoms with Crippen molar-refractivity contribution in [1.82, 2.24) is 4.98 Å². The molecule has 0 aliphatic heterocycles. The lowest BCUT2D eigenvalue weighted by molar-refractivity contribution is 0.0520. The van der Waals surface area contributed by atoms with Gasteiger partial charge in [0, 0.05) is 11.8 Å². The van der Waals surface area contributed by atoms with Crippen LogP contribution in [0.2, 0.25) is 0 Å². The number of aromatic amines is 1. The van der Waals surface area contributed by atoms with Crippen LogP contribution in [0.3, 0.4) is 0 Å². The van der Waals surface area contributed by atoms with Crippen LogP contribution in [0.5, 0.6) is 0 Å². The van der Waals surface area contributed by atoms with E-state index in [9.17, 15) is 9.59 Å². The molecule has 21 heavy (non-hydrogen) atoms. The summed E-state index contributed by atoms with van der Waals surface area (Å²) in [7, 11) is 0. The first-order valence-electron chi connectivity index (χ1n) is 7.20. The Morgan fingerprint density at radius 1 is 1.33 bits per heavy atom. The molecule has 2 aromatic rings. The van der Waals surface area contributed by atoms with E-state index < -0.39 is 5.97 Å². The van der Waals surface area contributed by atoms with Gasteiger partial charge in [-0.25, -0.2) is 4.79 Å². The molecule has 0 aliphatic carbocycles. The van der Waals surface area contributed by atoms with Crippen molar-refractivity contribution in [3.05, 3.63) is 39.7 Å². The molecular weight excluding hydrogens is 268 g/mol. The van der Waals surface area contributed by atoms with E-state index in [1.807, 2.05) is 6.07 Å². The molecule has 3 N–H and O–H groups in total. The Hall–Kier alpha value is -2.30. The normalized spacial score (nSPS) is 10.8. The van der Waals surface area contributed by atoms with Gasteiger partial charge in [0.2, 0.25) is 0 Å². The highest BCUT2D eigenvalue weighted by Crippen LogP contribution is 2.22. The quantitative estimate of drug-likeness (QED) is 0.654. The molecule has 0 spiro atoms. The maximum Gasteiger partial charge on any atom is 0.354 e. The lowest BCUT2D eigenvalue weighted by Gasteiger charge is -2.10. The number of anilines is 1. The summed E-state index contributed by atoms with van der Waals surface area (Å²) in [5.74, 6) is -0.527. The fourth-order valence-electron chi connectivity index (χ4n) is 2.34. The molecular formula is C16H20N2O3. The molecule has 1 aromatic carbocycles. The average molecular weight is 288 g/mol. The summed E-state index contributed by atoms with van der Waals surface area (Å²) in [5, 5.41) is 0.441. The van der Waals surface area contributed by atoms with E-state index in [0.29, 0.717) is 16.6 Å². The van der Waals surface area contributed by atoms with Crippen molar-refractivity contribution >= 4 is 22.6 Å². The molecule has 5 heteroatoms. The Labute approximate surface area is 123 Å². The smallest absolute Gasteiger partial charge is 0.354 e. The van der Waals surface area contributed by atoms with Gasteiger partial charge in [0.15, 0.2) is 5.43 Å². The number of pyridine rings is 1. The largest absolute Gasteiger partial charge is 0.461 e. The first-order valence-corrected chi connectivity index (χ1v) is 7.20. The van der Waals surface area contributed by atoms with Gasteiger partial charge in [-0.2, -0.15) is 0 Å². The van der Waals surface area contributed by atoms with Crippen LogP contribution in [0.4, 0.5) is 5.69 Å². The number of rotatable bonds is 5. The van der Waals surface area contributed by atoms with Crippen LogP contribution in [0.1, 0.15) is 42.7 Å². The summed E-state index contributed by atoms with van der Waals surface area (Å²) in [6.45, 7) is 4.09. The molecule has 0 amide bonds. The SMILES string of the molecule is CCCCc1ccc(N)c2c(=O)cc(C(=O)OCC)[nH]c12. The minimum atomic E-state index is -0.527. The topological polar surface area (TPSA) is 85.2 Å². The Balaban J connectivity index is 2.63. The minimum absolute atomic E-state index is 0.165. The van der Waals surface area contributed by atoms with Gasteiger partial charge in [-0.05, 0) is 31.4 Å². The molecule has 0 aliphatic rings. The maximum absolute atomic E-state index is 12.2. The number of carbonyl (C=O) groups is 1. The second-order valence-electron chi connectivity index (χ2n) is 4.94. The number of esters is 1. The number of carbonyl (C=O) groups excluding carboxylic acids is 1. The highest BCUT2D eigenvalue weighted by molar-refractivity contribution is 5.96. The molecule has 0 saturated heterocycles. The predicted molar refractivity (Wildman–Crippen MR) is 83.5 cm³/mol. The number of nitrogens with two attached hydrogens (primary N) is 1. The highest BCUT2D eigenvalue weighted by atomic mass is 16.5. The van der Waals surface area contributed by atoms with Crippen LogP contribution in [-0.4, -0.2) is 17.6 Å². The van der Waals surface area contributed by atoms with Gasteiger partial charge in [-0.1, -0.05) is 19.4 Å². The monoisotopic (exact) mass is 288 g/mol. The van der Waals surface area contributed by atoms with Gasteiger partial charge in [-0.3, -0.25) is 4.79 Å². The third-order valence-electron chi connectivity index (χ3n) is 3.40. The van der Waals surface area contributed by atoms with E-state index in [1.165, 1.54) is 6.07 Å². The zero-order chi connectivity index (χ0) is 15.4. The molecule has 2 rings (SSSR count). The number of H-pyrrole nitrogens is 1. The van der Waals surface area contributed by atoms with Gasteiger partial charge in [0.1, 0.15) is 5.69 Å². The zero-order valence-electron chi connectivity index (χ0n) is 12.4. The van der Waals surface area contributed by atoms with E-state index in [4.69, 9.17) is 10.5 Å². The maximum atomic E-state index is 12.2. The number of hydrogen-bond donors (Lipinski definition) is 2. The van der Waals surface area contributed by atoms with Crippen molar-refractivity contribution in [3.8, 4) is 0 Å². The molecule has 0 unspecified atom stereocenters. The second-order valence-corrected chi connectivity index (χ2v) is 4.94. The lowest BCUT2D eigenvalue weighted by Crippen LogP contribution is -2.14. The fourth-order valence-corrected chi connectivity index (χ4v) is 2.34. The average Bonchev–Trinajstić information content (AvgIpc) is 2.46. The number of aromatic nitrogens is 1. The van der Waals surface area contributed by atoms with E-state index in [2.05, 4.69) is 11.9 Å². The van der Waals surface area contributed by atoms with E-state index in [-0.39, 0.29) is 17.7 Å². The number of benzene rings is 1. The van der Waals surface area contributed by atoms with Crippen LogP contribution >= 0.6 is 0 Å². The molecule has 112 valence electrons. The molecule has 0 fully saturated rings. The molecule has 1 heterocycles. The third-order valence-corrected chi connectivity index (χ3v) is 3.40. The summed E-state index contributed by atoms with van der Waals surface area (Å²) in [5.41, 5.74) is 7.85. The van der Waals surface area contributed by atoms with E-state index in [1.54, 1.807) is 13.0 Å². The van der Waals surface area contributed by atoms with E-state index >= 15 is 0 Å². The summed E-state index contributed by atoms with van der Waals surface area (Å²) < 4.78 is 4.94. The number of hydrogen-bond acceptors (Lipinski definition) is 4. The molecule has 5 nitrogen and oxygen atoms in total. The molecule has 1 aromatic heterocycles. The van der Waals surface area contributed by atoms with Crippen molar-refractivity contribution in [2.75, 3.05) is 12.3 Å². The highest BCUT2D eigenvalue weighted by Gasteiger charge is 2.14. The Kier molecular flexibility index (Phi) is 4.62. The number of nitrogens with one attached hydrogen (secondary N) is 1. The van der Waals surface area contributed by atoms with Crippen molar-refractivity contribution < 1.29 is 9.53 Å². The summed E-state index contributed by atoms with van der Waals surface area (Å²) in [4.78, 5) is 27.1. The fraction of sp³-hybridized carbons (Fsp3) is 0.375. The van der Waals surface area contributed by atoms with E-state index in [0.717, 1.165) is 24.8 Å². The number of nitrogen functional groups attached to an aromatic ring is 1. The van der Waals surface area contributed by atoms with Crippen molar-refractivity contribution in [3.63, 3.8) is 0 Å². The summed E-state index contributed by atoms with van der Waals surface area (Å²) >= 11 is 0. The first-order chi connectivity index (χ1) is 10.1. The molecule has 0 radical (unpaired) electrons. The van der Waals surface area contributed by atoms with Crippen LogP contribution in [0.25, 0.3) is 10.9 Å². The first kappa shape index (κ1) is 15.1. The Morgan fingerprint density at radius 3 is 2.76 bits per heavy atom. The van der Waals surface area contributed by atoms with Crippen molar-refractivity contribution in [1.29, 1.82) is 0 Å². The van der Waals surface area contributed by atoms with Crippen molar-refractivity contribution in [2.45, 2.75) is 33.1 Å². The predicted octanol–water partition coefficient (Wildman–Crippen LogP) is 2.63. The molecule has 0 saturated carbocycles. The summed E-state index contributed by atoms with van der Waals surface area (Å²) in [6, 6.07) is 4.89. The van der Waals surface area contributed by atoms with Crippen molar-refractivity contribution in [2.24, 2.45) is 0 Å². The van der Waals surface area contributed by atoms with Gasteiger partial charge in [0.05, 0.1) is 17.5 Å². The second kappa shape index (κ2) is 6.43. The van der Waals surface area contributed by atoms with Crippen LogP contribution < -0.4 is 11.2 Å². The lowest BCUT2D eigenvalue weighted by atomic mass is 10.0. The number of aryl methyl sites for hydroxylation is 1. The van der Waals surface area contributed by atoms with Gasteiger partial charge in [0.25, 0.3) is 0 Å². The minimum Gasteiger partial charge on any atom is -0.461 e. The molecule has 0 atom stereocenters. The Morgan fingerprint density at radius 2 is 2.10 bits per heavy atom. The number of ether oxygens (including phenoxy) is 1. The van der Waals surface area contributed by atoms with Crippen LogP contribution in [-0.2, 0) is 11.2 Å². The van der Waals surface area contributed by atoms with Gasteiger partial charge < -0.3 is 15.5 Å². The molecule has 0 bridgehead atoms. The third kappa shape index (κ3) is 3.07.